The monoisotopic (exact) mass is 332 g/mol. The highest BCUT2D eigenvalue weighted by atomic mass is 32.5. The number of rotatable bonds is 12. The Hall–Kier alpha value is -0.450. The molecule has 1 unspecified atom stereocenters. The Labute approximate surface area is 132 Å². The maximum Gasteiger partial charge on any atom is 0.364 e. The maximum absolute atomic E-state index is 9.80. The molecule has 1 aromatic rings. The largest absolute Gasteiger partial charge is 0.364 e. The fraction of sp³-hybridized carbons (Fsp3) is 0.600. The molecule has 0 amide bonds. The minimum Gasteiger partial charge on any atom is -0.329 e. The summed E-state index contributed by atoms with van der Waals surface area (Å²) in [5.74, 6) is 0.486. The van der Waals surface area contributed by atoms with Gasteiger partial charge in [-0.3, -0.25) is 0 Å². The molecular weight excluding hydrogens is 307 g/mol. The fourth-order valence-electron chi connectivity index (χ4n) is 1.83. The quantitative estimate of drug-likeness (QED) is 0.253. The molecule has 0 saturated heterocycles. The summed E-state index contributed by atoms with van der Waals surface area (Å²) in [6.45, 7) is -0.703. The molecule has 0 saturated carbocycles. The predicted molar refractivity (Wildman–Crippen MR) is 88.6 cm³/mol. The van der Waals surface area contributed by atoms with Crippen LogP contribution in [0.3, 0.4) is 0 Å². The first-order valence-corrected chi connectivity index (χ1v) is 10.1. The molecule has 0 bridgehead atoms. The number of para-hydroxylation sites is 1. The number of hydrogen-bond donors (Lipinski definition) is 1. The topological polar surface area (TPSA) is 47.9 Å². The summed E-state index contributed by atoms with van der Waals surface area (Å²) >= 11 is 4.88. The summed E-state index contributed by atoms with van der Waals surface area (Å²) in [5.41, 5.74) is 0. The highest BCUT2D eigenvalue weighted by Gasteiger charge is 2.17. The minimum absolute atomic E-state index is 0.402. The fourth-order valence-corrected chi connectivity index (χ4v) is 2.72. The van der Waals surface area contributed by atoms with Crippen molar-refractivity contribution in [1.29, 1.82) is 0 Å². The van der Waals surface area contributed by atoms with E-state index in [0.717, 1.165) is 12.8 Å². The minimum atomic E-state index is -3.31. The zero-order valence-electron chi connectivity index (χ0n) is 12.6. The second-order valence-corrected chi connectivity index (χ2v) is 7.62. The number of hydrogen-bond acceptors (Lipinski definition) is 4. The van der Waals surface area contributed by atoms with Gasteiger partial charge in [0.2, 0.25) is 0 Å². The Morgan fingerprint density at radius 3 is 2.29 bits per heavy atom. The van der Waals surface area contributed by atoms with E-state index in [1.54, 1.807) is 24.3 Å². The third-order valence-corrected chi connectivity index (χ3v) is 4.24. The normalized spacial score (nSPS) is 13.8. The summed E-state index contributed by atoms with van der Waals surface area (Å²) in [6.07, 6.45) is 8.27. The third kappa shape index (κ3) is 9.99. The lowest BCUT2D eigenvalue weighted by atomic mass is 10.1. The van der Waals surface area contributed by atoms with E-state index in [4.69, 9.17) is 25.9 Å². The van der Waals surface area contributed by atoms with Crippen LogP contribution < -0.4 is 4.89 Å². The van der Waals surface area contributed by atoms with Crippen molar-refractivity contribution >= 4 is 18.5 Å². The van der Waals surface area contributed by atoms with Crippen molar-refractivity contribution in [2.75, 3.05) is 6.61 Å². The van der Waals surface area contributed by atoms with Gasteiger partial charge in [0.15, 0.2) is 5.75 Å². The highest BCUT2D eigenvalue weighted by molar-refractivity contribution is 8.07. The van der Waals surface area contributed by atoms with E-state index in [9.17, 15) is 4.89 Å². The van der Waals surface area contributed by atoms with Crippen LogP contribution in [0.15, 0.2) is 30.3 Å². The van der Waals surface area contributed by atoms with Crippen LogP contribution in [0.2, 0.25) is 0 Å². The van der Waals surface area contributed by atoms with Crippen LogP contribution in [0, 0.1) is 0 Å². The van der Waals surface area contributed by atoms with E-state index < -0.39 is 6.72 Å². The molecule has 4 nitrogen and oxygen atoms in total. The number of benzene rings is 1. The van der Waals surface area contributed by atoms with Crippen molar-refractivity contribution in [1.82, 2.24) is 0 Å². The summed E-state index contributed by atoms with van der Waals surface area (Å²) in [5, 5.41) is 0. The Balaban J connectivity index is 2.06. The molecule has 1 N–H and O–H groups in total. The molecule has 0 aliphatic carbocycles. The van der Waals surface area contributed by atoms with Crippen molar-refractivity contribution in [3.63, 3.8) is 0 Å². The first kappa shape index (κ1) is 18.6. The van der Waals surface area contributed by atoms with E-state index in [-0.39, 0.29) is 0 Å². The summed E-state index contributed by atoms with van der Waals surface area (Å²) < 4.78 is 10.0. The van der Waals surface area contributed by atoms with Crippen LogP contribution >= 0.6 is 6.72 Å². The molecular formula is C15H25O4PS. The van der Waals surface area contributed by atoms with Crippen LogP contribution in [0.1, 0.15) is 51.9 Å². The Morgan fingerprint density at radius 2 is 1.62 bits per heavy atom. The first-order valence-electron chi connectivity index (χ1n) is 7.52. The van der Waals surface area contributed by atoms with E-state index in [2.05, 4.69) is 6.92 Å². The molecule has 0 fully saturated rings. The van der Waals surface area contributed by atoms with Crippen molar-refractivity contribution in [2.45, 2.75) is 51.9 Å². The molecule has 0 aromatic heterocycles. The molecule has 6 heteroatoms. The van der Waals surface area contributed by atoms with E-state index in [0.29, 0.717) is 12.4 Å². The van der Waals surface area contributed by atoms with Gasteiger partial charge in [-0.2, -0.15) is 0 Å². The molecule has 0 spiro atoms. The summed E-state index contributed by atoms with van der Waals surface area (Å²) in [7, 11) is 0. The summed E-state index contributed by atoms with van der Waals surface area (Å²) in [6, 6.07) is 8.90. The SMILES string of the molecule is CCCCCCCCCOP(O)(=S)OOc1ccccc1. The number of unbranched alkanes of at least 4 members (excludes halogenated alkanes) is 6. The van der Waals surface area contributed by atoms with Crippen LogP contribution in [0.4, 0.5) is 0 Å². The molecule has 1 aromatic carbocycles. The van der Waals surface area contributed by atoms with Crippen molar-refractivity contribution in [2.24, 2.45) is 0 Å². The lowest BCUT2D eigenvalue weighted by Crippen LogP contribution is -2.00. The van der Waals surface area contributed by atoms with E-state index in [1.165, 1.54) is 32.1 Å². The van der Waals surface area contributed by atoms with Gasteiger partial charge in [0.1, 0.15) is 0 Å². The highest BCUT2D eigenvalue weighted by Crippen LogP contribution is 2.44. The average molecular weight is 332 g/mol. The van der Waals surface area contributed by atoms with Crippen LogP contribution in [0.5, 0.6) is 5.75 Å². The van der Waals surface area contributed by atoms with Crippen LogP contribution in [-0.4, -0.2) is 11.5 Å². The van der Waals surface area contributed by atoms with Gasteiger partial charge in [0.25, 0.3) is 0 Å². The summed E-state index contributed by atoms with van der Waals surface area (Å²) in [4.78, 5) is 14.8. The van der Waals surface area contributed by atoms with Crippen molar-refractivity contribution in [3.05, 3.63) is 30.3 Å². The van der Waals surface area contributed by atoms with Gasteiger partial charge in [-0.25, -0.2) is 0 Å². The lowest BCUT2D eigenvalue weighted by Gasteiger charge is -2.14. The standard InChI is InChI=1S/C15H25O4PS/c1-2-3-4-5-6-7-11-14-17-20(16,21)19-18-15-12-9-8-10-13-15/h8-10,12-13H,2-7,11,14H2,1H3,(H,16,21). The van der Waals surface area contributed by atoms with Crippen LogP contribution in [0.25, 0.3) is 0 Å². The second-order valence-electron chi connectivity index (χ2n) is 4.89. The van der Waals surface area contributed by atoms with Gasteiger partial charge < -0.3 is 14.3 Å². The molecule has 120 valence electrons. The molecule has 0 aliphatic heterocycles. The van der Waals surface area contributed by atoms with E-state index >= 15 is 0 Å². The van der Waals surface area contributed by atoms with Gasteiger partial charge in [-0.15, -0.1) is 0 Å². The van der Waals surface area contributed by atoms with Gasteiger partial charge >= 0.3 is 6.72 Å². The Bertz CT molecular complexity index is 413. The molecule has 0 radical (unpaired) electrons. The predicted octanol–water partition coefficient (Wildman–Crippen LogP) is 4.98. The smallest absolute Gasteiger partial charge is 0.329 e. The average Bonchev–Trinajstić information content (AvgIpc) is 2.49. The zero-order chi connectivity index (χ0) is 15.4. The third-order valence-electron chi connectivity index (χ3n) is 2.97. The lowest BCUT2D eigenvalue weighted by molar-refractivity contribution is -0.115. The maximum atomic E-state index is 9.80. The van der Waals surface area contributed by atoms with Gasteiger partial charge in [-0.05, 0) is 30.4 Å². The second kappa shape index (κ2) is 11.2. The molecule has 1 rings (SSSR count). The Morgan fingerprint density at radius 1 is 1.00 bits per heavy atom. The van der Waals surface area contributed by atoms with Gasteiger partial charge in [-0.1, -0.05) is 68.3 Å². The van der Waals surface area contributed by atoms with Crippen LogP contribution in [-0.2, 0) is 21.0 Å². The molecule has 0 aliphatic rings. The molecule has 1 atom stereocenters. The molecule has 21 heavy (non-hydrogen) atoms. The first-order chi connectivity index (χ1) is 10.1. The van der Waals surface area contributed by atoms with Crippen molar-refractivity contribution in [3.8, 4) is 5.75 Å². The van der Waals surface area contributed by atoms with Gasteiger partial charge in [0, 0.05) is 0 Å². The van der Waals surface area contributed by atoms with E-state index in [1.807, 2.05) is 6.07 Å². The van der Waals surface area contributed by atoms with Crippen molar-refractivity contribution < 1.29 is 19.0 Å². The Kier molecular flexibility index (Phi) is 9.89. The molecule has 0 heterocycles. The zero-order valence-corrected chi connectivity index (χ0v) is 14.3. The van der Waals surface area contributed by atoms with Gasteiger partial charge in [0.05, 0.1) is 6.61 Å².